The summed E-state index contributed by atoms with van der Waals surface area (Å²) in [6.45, 7) is 3.61. The molecular formula is C19H20ClF3N3O2P. The smallest absolute Gasteiger partial charge is 0.292 e. The zero-order valence-electron chi connectivity index (χ0n) is 16.3. The van der Waals surface area contributed by atoms with Crippen LogP contribution in [0.2, 0.25) is 5.02 Å². The Hall–Kier alpha value is -2.23. The van der Waals surface area contributed by atoms with Crippen LogP contribution in [0.25, 0.3) is 5.69 Å². The van der Waals surface area contributed by atoms with Gasteiger partial charge in [-0.25, -0.2) is 9.36 Å². The second kappa shape index (κ2) is 7.89. The van der Waals surface area contributed by atoms with Gasteiger partial charge in [0.15, 0.2) is 0 Å². The largest absolute Gasteiger partial charge is 0.431 e. The maximum Gasteiger partial charge on any atom is 0.431 e. The van der Waals surface area contributed by atoms with Crippen molar-refractivity contribution in [3.63, 3.8) is 0 Å². The maximum absolute atomic E-state index is 13.1. The zero-order chi connectivity index (χ0) is 22.3. The molecule has 1 aromatic carbocycles. The third-order valence-electron chi connectivity index (χ3n) is 4.62. The molecule has 2 rings (SSSR count). The summed E-state index contributed by atoms with van der Waals surface area (Å²) < 4.78 is 40.3. The Kier molecular flexibility index (Phi) is 6.27. The van der Waals surface area contributed by atoms with Crippen LogP contribution in [0.3, 0.4) is 0 Å². The van der Waals surface area contributed by atoms with E-state index in [4.69, 9.17) is 11.6 Å². The molecule has 0 N–H and O–H groups in total. The number of hydrogen-bond acceptors (Lipinski definition) is 3. The van der Waals surface area contributed by atoms with E-state index in [1.165, 1.54) is 12.1 Å². The Morgan fingerprint density at radius 1 is 1.28 bits per heavy atom. The van der Waals surface area contributed by atoms with E-state index in [2.05, 4.69) is 12.4 Å². The minimum absolute atomic E-state index is 0.126. The summed E-state index contributed by atoms with van der Waals surface area (Å²) in [6.07, 6.45) is -0.516. The van der Waals surface area contributed by atoms with E-state index >= 15 is 0 Å². The molecule has 0 fully saturated rings. The second-order valence-corrected chi connectivity index (χ2v) is 12.0. The zero-order valence-corrected chi connectivity index (χ0v) is 18.0. The van der Waals surface area contributed by atoms with Gasteiger partial charge in [0.2, 0.25) is 0 Å². The summed E-state index contributed by atoms with van der Waals surface area (Å²) in [7, 11) is 0.953. The molecule has 1 atom stereocenters. The SMILES string of the molecule is C=P(C)(C)C(C#N)Cc1cc(-n2c(=O)cc(C(F)(F)F)n(C)c2=O)c(C)cc1Cl. The highest BCUT2D eigenvalue weighted by Crippen LogP contribution is 2.43. The van der Waals surface area contributed by atoms with Crippen LogP contribution in [-0.2, 0) is 19.6 Å². The summed E-state index contributed by atoms with van der Waals surface area (Å²) in [5.74, 6) is 0. The predicted octanol–water partition coefficient (Wildman–Crippen LogP) is 3.66. The minimum atomic E-state index is -4.84. The number of rotatable bonds is 4. The molecule has 2 aromatic rings. The predicted molar refractivity (Wildman–Crippen MR) is 111 cm³/mol. The summed E-state index contributed by atoms with van der Waals surface area (Å²) in [5, 5.41) is 9.81. The van der Waals surface area contributed by atoms with Crippen LogP contribution >= 0.6 is 18.5 Å². The first-order chi connectivity index (χ1) is 13.2. The van der Waals surface area contributed by atoms with Gasteiger partial charge in [-0.15, -0.1) is 6.89 Å². The van der Waals surface area contributed by atoms with Gasteiger partial charge in [0.25, 0.3) is 5.56 Å². The highest BCUT2D eigenvalue weighted by Gasteiger charge is 2.35. The number of alkyl halides is 3. The van der Waals surface area contributed by atoms with Crippen LogP contribution < -0.4 is 11.2 Å². The molecule has 0 aliphatic heterocycles. The first-order valence-corrected chi connectivity index (χ1v) is 11.8. The molecule has 1 aromatic heterocycles. The monoisotopic (exact) mass is 445 g/mol. The van der Waals surface area contributed by atoms with Gasteiger partial charge in [-0.05, 0) is 49.9 Å². The van der Waals surface area contributed by atoms with Gasteiger partial charge in [-0.3, -0.25) is 9.36 Å². The molecule has 1 heterocycles. The molecule has 0 bridgehead atoms. The number of aryl methyl sites for hydroxylation is 1. The van der Waals surface area contributed by atoms with Crippen LogP contribution in [0.15, 0.2) is 27.8 Å². The molecule has 5 nitrogen and oxygen atoms in total. The molecule has 0 aliphatic carbocycles. The average Bonchev–Trinajstić information content (AvgIpc) is 2.56. The summed E-state index contributed by atoms with van der Waals surface area (Å²) >= 11 is 6.30. The normalized spacial score (nSPS) is 13.2. The van der Waals surface area contributed by atoms with Gasteiger partial charge in [0, 0.05) is 18.1 Å². The van der Waals surface area contributed by atoms with Crippen molar-refractivity contribution >= 4 is 24.8 Å². The van der Waals surface area contributed by atoms with Crippen molar-refractivity contribution in [2.75, 3.05) is 13.3 Å². The van der Waals surface area contributed by atoms with Crippen molar-refractivity contribution in [2.45, 2.75) is 25.2 Å². The van der Waals surface area contributed by atoms with Crippen LogP contribution in [0, 0.1) is 18.3 Å². The lowest BCUT2D eigenvalue weighted by Crippen LogP contribution is -2.41. The Balaban J connectivity index is 2.74. The molecular weight excluding hydrogens is 426 g/mol. The Bertz CT molecular complexity index is 1170. The average molecular weight is 446 g/mol. The van der Waals surface area contributed by atoms with Gasteiger partial charge in [0.1, 0.15) is 5.69 Å². The van der Waals surface area contributed by atoms with E-state index in [0.717, 1.165) is 7.05 Å². The Labute approximate surface area is 170 Å². The van der Waals surface area contributed by atoms with Gasteiger partial charge in [-0.1, -0.05) is 17.9 Å². The van der Waals surface area contributed by atoms with E-state index in [9.17, 15) is 28.0 Å². The molecule has 0 radical (unpaired) electrons. The van der Waals surface area contributed by atoms with Crippen molar-refractivity contribution in [3.8, 4) is 11.8 Å². The van der Waals surface area contributed by atoms with Crippen molar-refractivity contribution in [3.05, 3.63) is 60.9 Å². The van der Waals surface area contributed by atoms with E-state index in [0.29, 0.717) is 31.4 Å². The van der Waals surface area contributed by atoms with E-state index in [1.54, 1.807) is 6.92 Å². The molecule has 29 heavy (non-hydrogen) atoms. The summed E-state index contributed by atoms with van der Waals surface area (Å²) in [4.78, 5) is 25.0. The maximum atomic E-state index is 13.1. The first kappa shape index (κ1) is 23.1. The quantitative estimate of drug-likeness (QED) is 0.674. The number of nitriles is 1. The summed E-state index contributed by atoms with van der Waals surface area (Å²) in [5.41, 5.74) is -2.87. The van der Waals surface area contributed by atoms with E-state index in [1.807, 2.05) is 13.3 Å². The summed E-state index contributed by atoms with van der Waals surface area (Å²) in [6, 6.07) is 5.61. The van der Waals surface area contributed by atoms with Crippen molar-refractivity contribution in [1.29, 1.82) is 5.26 Å². The van der Waals surface area contributed by atoms with Crippen molar-refractivity contribution in [2.24, 2.45) is 7.05 Å². The Morgan fingerprint density at radius 2 is 1.86 bits per heavy atom. The lowest BCUT2D eigenvalue weighted by Gasteiger charge is -2.21. The fraction of sp³-hybridized carbons (Fsp3) is 0.368. The van der Waals surface area contributed by atoms with Crippen LogP contribution in [0.5, 0.6) is 0 Å². The molecule has 0 spiro atoms. The minimum Gasteiger partial charge on any atom is -0.292 e. The van der Waals surface area contributed by atoms with Gasteiger partial charge >= 0.3 is 11.9 Å². The van der Waals surface area contributed by atoms with Crippen molar-refractivity contribution in [1.82, 2.24) is 9.13 Å². The lowest BCUT2D eigenvalue weighted by molar-refractivity contribution is -0.144. The Morgan fingerprint density at radius 3 is 2.34 bits per heavy atom. The third-order valence-corrected chi connectivity index (χ3v) is 6.96. The molecule has 0 saturated carbocycles. The number of nitrogens with zero attached hydrogens (tertiary/aromatic N) is 3. The van der Waals surface area contributed by atoms with Crippen LogP contribution in [0.4, 0.5) is 13.2 Å². The number of hydrogen-bond donors (Lipinski definition) is 0. The second-order valence-electron chi connectivity index (χ2n) is 7.40. The molecule has 10 heteroatoms. The molecule has 0 amide bonds. The molecule has 156 valence electrons. The first-order valence-electron chi connectivity index (χ1n) is 8.45. The van der Waals surface area contributed by atoms with Gasteiger partial charge in [-0.2, -0.15) is 18.4 Å². The van der Waals surface area contributed by atoms with Gasteiger partial charge < -0.3 is 0 Å². The standard InChI is InChI=1S/C19H20ClF3N3O2P/c1-11-6-14(20)12(7-13(10-24)29(3,4)5)8-15(11)26-17(27)9-16(19(21,22)23)25(2)18(26)28/h6,8-9,13H,3,7H2,1-2,4-5H3. The highest BCUT2D eigenvalue weighted by molar-refractivity contribution is 7.73. The number of halogens is 4. The van der Waals surface area contributed by atoms with E-state index in [-0.39, 0.29) is 12.1 Å². The van der Waals surface area contributed by atoms with Crippen molar-refractivity contribution < 1.29 is 13.2 Å². The van der Waals surface area contributed by atoms with E-state index < -0.39 is 35.7 Å². The molecule has 0 saturated heterocycles. The molecule has 1 unspecified atom stereocenters. The molecule has 0 aliphatic rings. The fourth-order valence-electron chi connectivity index (χ4n) is 2.88. The highest BCUT2D eigenvalue weighted by atomic mass is 35.5. The number of aromatic nitrogens is 2. The van der Waals surface area contributed by atoms with Gasteiger partial charge in [0.05, 0.1) is 17.4 Å². The number of benzene rings is 1. The topological polar surface area (TPSA) is 67.8 Å². The van der Waals surface area contributed by atoms with Crippen LogP contribution in [0.1, 0.15) is 16.8 Å². The van der Waals surface area contributed by atoms with Crippen LogP contribution in [-0.4, -0.2) is 34.4 Å². The fourth-order valence-corrected chi connectivity index (χ4v) is 4.18. The lowest BCUT2D eigenvalue weighted by atomic mass is 10.1. The third kappa shape index (κ3) is 4.68.